The van der Waals surface area contributed by atoms with Gasteiger partial charge < -0.3 is 10.6 Å². The Morgan fingerprint density at radius 3 is 2.50 bits per heavy atom. The van der Waals surface area contributed by atoms with E-state index in [1.54, 1.807) is 0 Å². The number of hydrogen-bond acceptors (Lipinski definition) is 2. The fraction of sp³-hybridized carbons (Fsp3) is 0.933. The zero-order valence-electron chi connectivity index (χ0n) is 12.3. The van der Waals surface area contributed by atoms with Crippen LogP contribution in [-0.4, -0.2) is 24.5 Å². The van der Waals surface area contributed by atoms with Crippen molar-refractivity contribution in [3.05, 3.63) is 0 Å². The van der Waals surface area contributed by atoms with Gasteiger partial charge in [-0.25, -0.2) is 0 Å². The monoisotopic (exact) mass is 254 g/mol. The normalized spacial score (nSPS) is 20.4. The molecule has 0 aromatic heterocycles. The Balaban J connectivity index is 2.16. The molecule has 106 valence electrons. The molecule has 1 rings (SSSR count). The molecule has 0 spiro atoms. The van der Waals surface area contributed by atoms with Gasteiger partial charge in [-0.3, -0.25) is 4.79 Å². The lowest BCUT2D eigenvalue weighted by Crippen LogP contribution is -2.43. The van der Waals surface area contributed by atoms with Crippen molar-refractivity contribution < 1.29 is 4.79 Å². The highest BCUT2D eigenvalue weighted by molar-refractivity contribution is 5.78. The Bertz CT molecular complexity index is 237. The van der Waals surface area contributed by atoms with E-state index in [2.05, 4.69) is 31.4 Å². The summed E-state index contributed by atoms with van der Waals surface area (Å²) in [7, 11) is 0. The molecular formula is C15H30N2O. The van der Waals surface area contributed by atoms with Crippen molar-refractivity contribution in [2.45, 2.75) is 77.8 Å². The zero-order chi connectivity index (χ0) is 13.4. The molecule has 2 atom stereocenters. The highest BCUT2D eigenvalue weighted by Gasteiger charge is 2.20. The summed E-state index contributed by atoms with van der Waals surface area (Å²) in [6, 6.07) is 0.770. The lowest BCUT2D eigenvalue weighted by molar-refractivity contribution is -0.121. The summed E-state index contributed by atoms with van der Waals surface area (Å²) in [5.41, 5.74) is 0. The van der Waals surface area contributed by atoms with Crippen LogP contribution in [0.3, 0.4) is 0 Å². The number of amides is 1. The van der Waals surface area contributed by atoms with E-state index in [1.165, 1.54) is 32.1 Å². The smallest absolute Gasteiger partial charge is 0.234 e. The van der Waals surface area contributed by atoms with Crippen molar-refractivity contribution in [2.24, 2.45) is 5.92 Å². The quantitative estimate of drug-likeness (QED) is 0.733. The maximum Gasteiger partial charge on any atom is 0.234 e. The summed E-state index contributed by atoms with van der Waals surface area (Å²) in [4.78, 5) is 11.7. The maximum absolute atomic E-state index is 11.7. The highest BCUT2D eigenvalue weighted by atomic mass is 16.1. The Hall–Kier alpha value is -0.570. The van der Waals surface area contributed by atoms with Crippen molar-refractivity contribution in [1.82, 2.24) is 10.6 Å². The fourth-order valence-corrected chi connectivity index (χ4v) is 2.89. The molecule has 0 saturated heterocycles. The number of nitrogens with one attached hydrogen (secondary N) is 2. The van der Waals surface area contributed by atoms with Gasteiger partial charge in [0.05, 0.1) is 6.54 Å². The van der Waals surface area contributed by atoms with Gasteiger partial charge in [0.1, 0.15) is 0 Å². The Kier molecular flexibility index (Phi) is 7.33. The first-order valence-corrected chi connectivity index (χ1v) is 7.66. The first kappa shape index (κ1) is 15.5. The third kappa shape index (κ3) is 5.85. The van der Waals surface area contributed by atoms with E-state index in [-0.39, 0.29) is 5.91 Å². The molecule has 0 aromatic rings. The third-order valence-corrected chi connectivity index (χ3v) is 4.07. The predicted octanol–water partition coefficient (Wildman–Crippen LogP) is 2.85. The second-order valence-corrected chi connectivity index (χ2v) is 5.82. The average molecular weight is 254 g/mol. The number of carbonyl (C=O) groups is 1. The summed E-state index contributed by atoms with van der Waals surface area (Å²) in [5.74, 6) is 0.901. The standard InChI is InChI=1S/C15H30N2O/c1-4-8-12(2)17-15(18)11-16-13(3)14-9-6-5-7-10-14/h12-14,16H,4-11H2,1-3H3,(H,17,18)/t12?,13-/m0/s1. The van der Waals surface area contributed by atoms with E-state index in [4.69, 9.17) is 0 Å². The molecule has 1 fully saturated rings. The van der Waals surface area contributed by atoms with Gasteiger partial charge in [-0.15, -0.1) is 0 Å². The molecule has 3 nitrogen and oxygen atoms in total. The topological polar surface area (TPSA) is 41.1 Å². The first-order chi connectivity index (χ1) is 8.63. The average Bonchev–Trinajstić information content (AvgIpc) is 2.37. The molecule has 0 aromatic carbocycles. The Morgan fingerprint density at radius 2 is 1.89 bits per heavy atom. The maximum atomic E-state index is 11.7. The van der Waals surface area contributed by atoms with Gasteiger partial charge in [0.25, 0.3) is 0 Å². The molecule has 2 N–H and O–H groups in total. The van der Waals surface area contributed by atoms with Crippen LogP contribution in [0.2, 0.25) is 0 Å². The molecule has 0 heterocycles. The van der Waals surface area contributed by atoms with Gasteiger partial charge in [-0.05, 0) is 39.0 Å². The van der Waals surface area contributed by atoms with Crippen molar-refractivity contribution in [3.8, 4) is 0 Å². The van der Waals surface area contributed by atoms with Gasteiger partial charge in [0, 0.05) is 12.1 Å². The van der Waals surface area contributed by atoms with E-state index in [9.17, 15) is 4.79 Å². The van der Waals surface area contributed by atoms with Crippen LogP contribution in [-0.2, 0) is 4.79 Å². The van der Waals surface area contributed by atoms with Gasteiger partial charge in [0.2, 0.25) is 5.91 Å². The van der Waals surface area contributed by atoms with Crippen molar-refractivity contribution in [1.29, 1.82) is 0 Å². The summed E-state index contributed by atoms with van der Waals surface area (Å²) in [6.07, 6.45) is 8.92. The first-order valence-electron chi connectivity index (χ1n) is 7.66. The van der Waals surface area contributed by atoms with Crippen LogP contribution in [0.5, 0.6) is 0 Å². The van der Waals surface area contributed by atoms with E-state index in [0.29, 0.717) is 18.6 Å². The fourth-order valence-electron chi connectivity index (χ4n) is 2.89. The molecule has 1 saturated carbocycles. The number of carbonyl (C=O) groups excluding carboxylic acids is 1. The second kappa shape index (κ2) is 8.52. The zero-order valence-corrected chi connectivity index (χ0v) is 12.3. The van der Waals surface area contributed by atoms with E-state index in [0.717, 1.165) is 18.8 Å². The second-order valence-electron chi connectivity index (χ2n) is 5.82. The summed E-state index contributed by atoms with van der Waals surface area (Å²) in [6.45, 7) is 6.91. The van der Waals surface area contributed by atoms with Crippen molar-refractivity contribution in [3.63, 3.8) is 0 Å². The van der Waals surface area contributed by atoms with Crippen molar-refractivity contribution in [2.75, 3.05) is 6.54 Å². The van der Waals surface area contributed by atoms with Crippen LogP contribution in [0.1, 0.15) is 65.7 Å². The molecule has 0 bridgehead atoms. The number of rotatable bonds is 7. The lowest BCUT2D eigenvalue weighted by Gasteiger charge is -2.28. The van der Waals surface area contributed by atoms with Crippen LogP contribution in [0.25, 0.3) is 0 Å². The van der Waals surface area contributed by atoms with Crippen LogP contribution < -0.4 is 10.6 Å². The molecule has 1 aliphatic carbocycles. The Morgan fingerprint density at radius 1 is 1.22 bits per heavy atom. The molecule has 0 radical (unpaired) electrons. The largest absolute Gasteiger partial charge is 0.353 e. The van der Waals surface area contributed by atoms with Crippen molar-refractivity contribution >= 4 is 5.91 Å². The molecule has 18 heavy (non-hydrogen) atoms. The molecule has 1 unspecified atom stereocenters. The summed E-state index contributed by atoms with van der Waals surface area (Å²) in [5, 5.41) is 6.43. The van der Waals surface area contributed by atoms with Gasteiger partial charge in [0.15, 0.2) is 0 Å². The summed E-state index contributed by atoms with van der Waals surface area (Å²) < 4.78 is 0. The van der Waals surface area contributed by atoms with E-state index in [1.807, 2.05) is 0 Å². The molecule has 3 heteroatoms. The van der Waals surface area contributed by atoms with Crippen LogP contribution in [0.15, 0.2) is 0 Å². The highest BCUT2D eigenvalue weighted by Crippen LogP contribution is 2.26. The molecule has 0 aliphatic heterocycles. The minimum Gasteiger partial charge on any atom is -0.353 e. The summed E-state index contributed by atoms with van der Waals surface area (Å²) >= 11 is 0. The van der Waals surface area contributed by atoms with E-state index < -0.39 is 0 Å². The lowest BCUT2D eigenvalue weighted by atomic mass is 9.84. The molecule has 1 amide bonds. The third-order valence-electron chi connectivity index (χ3n) is 4.07. The van der Waals surface area contributed by atoms with E-state index >= 15 is 0 Å². The van der Waals surface area contributed by atoms with Crippen LogP contribution >= 0.6 is 0 Å². The minimum atomic E-state index is 0.138. The Labute approximate surface area is 112 Å². The predicted molar refractivity (Wildman–Crippen MR) is 76.6 cm³/mol. The SMILES string of the molecule is CCCC(C)NC(=O)CN[C@@H](C)C1CCCCC1. The van der Waals surface area contributed by atoms with Gasteiger partial charge >= 0.3 is 0 Å². The van der Waals surface area contributed by atoms with Crippen LogP contribution in [0, 0.1) is 5.92 Å². The number of hydrogen-bond donors (Lipinski definition) is 2. The molecule has 1 aliphatic rings. The molecular weight excluding hydrogens is 224 g/mol. The van der Waals surface area contributed by atoms with Gasteiger partial charge in [-0.2, -0.15) is 0 Å². The minimum absolute atomic E-state index is 0.138. The van der Waals surface area contributed by atoms with Gasteiger partial charge in [-0.1, -0.05) is 32.6 Å². The van der Waals surface area contributed by atoms with Crippen LogP contribution in [0.4, 0.5) is 0 Å².